The first kappa shape index (κ1) is 39.2. The van der Waals surface area contributed by atoms with Gasteiger partial charge < -0.3 is 37.8 Å². The second kappa shape index (κ2) is 19.1. The monoisotopic (exact) mass is 703 g/mol. The van der Waals surface area contributed by atoms with Gasteiger partial charge in [-0.15, -0.1) is 0 Å². The fourth-order valence-corrected chi connectivity index (χ4v) is 6.89. The Balaban J connectivity index is 1.44. The zero-order valence-electron chi connectivity index (χ0n) is 29.6. The second-order valence-corrected chi connectivity index (χ2v) is 13.9. The minimum Gasteiger partial charge on any atom is -0.480 e. The molecule has 3 fully saturated rings. The fourth-order valence-electron chi connectivity index (χ4n) is 6.89. The van der Waals surface area contributed by atoms with Crippen LogP contribution in [0.5, 0.6) is 0 Å². The molecule has 0 spiro atoms. The summed E-state index contributed by atoms with van der Waals surface area (Å²) in [7, 11) is 0. The van der Waals surface area contributed by atoms with Gasteiger partial charge in [0, 0.05) is 24.5 Å². The highest BCUT2D eigenvalue weighted by molar-refractivity contribution is 5.96. The molecule has 9 N–H and O–H groups in total. The number of aliphatic carboxylic acids is 1. The molecule has 2 bridgehead atoms. The normalized spacial score (nSPS) is 20.4. The van der Waals surface area contributed by atoms with Crippen molar-refractivity contribution < 1.29 is 29.1 Å². The number of hydrogen-bond donors (Lipinski definition) is 7. The number of piperidine rings is 1. The van der Waals surface area contributed by atoms with E-state index in [9.17, 15) is 29.1 Å². The van der Waals surface area contributed by atoms with Gasteiger partial charge in [-0.2, -0.15) is 0 Å². The molecule has 13 nitrogen and oxygen atoms in total. The summed E-state index contributed by atoms with van der Waals surface area (Å²) in [6.45, 7) is 4.02. The van der Waals surface area contributed by atoms with Crippen LogP contribution < -0.4 is 32.7 Å². The molecule has 1 aliphatic carbocycles. The summed E-state index contributed by atoms with van der Waals surface area (Å²) < 4.78 is 0. The fraction of sp³-hybridized carbons (Fsp3) is 0.500. The number of amides is 4. The first-order valence-electron chi connectivity index (χ1n) is 17.8. The Bertz CT molecular complexity index is 1510. The number of rotatable bonds is 19. The van der Waals surface area contributed by atoms with Crippen LogP contribution in [0.3, 0.4) is 0 Å². The third-order valence-electron chi connectivity index (χ3n) is 9.47. The first-order chi connectivity index (χ1) is 24.4. The molecular formula is C38H53N7O6. The van der Waals surface area contributed by atoms with Crippen molar-refractivity contribution in [2.45, 2.75) is 108 Å². The number of nitrogens with two attached hydrogens (primary N) is 2. The molecule has 2 heterocycles. The average molecular weight is 704 g/mol. The van der Waals surface area contributed by atoms with Crippen LogP contribution in [0.25, 0.3) is 0 Å². The van der Waals surface area contributed by atoms with E-state index in [4.69, 9.17) is 11.5 Å². The molecule has 0 aromatic heterocycles. The SMILES string of the molecule is CC(C)=CC(NC(=O)C(Cc1ccccc1)NC(=O)C(N)Cc1ccccc1)C(=O)NC(CCCCN)C(=O)NC1CC2CC(C1)N2CC(=O)O. The van der Waals surface area contributed by atoms with Gasteiger partial charge in [0.2, 0.25) is 23.6 Å². The Morgan fingerprint density at radius 1 is 0.784 bits per heavy atom. The van der Waals surface area contributed by atoms with Crippen LogP contribution in [0.1, 0.15) is 63.5 Å². The Kier molecular flexibility index (Phi) is 14.7. The number of unbranched alkanes of at least 4 members (excludes halogenated alkanes) is 1. The first-order valence-corrected chi connectivity index (χ1v) is 17.8. The predicted octanol–water partition coefficient (Wildman–Crippen LogP) is 1.15. The van der Waals surface area contributed by atoms with Crippen LogP contribution >= 0.6 is 0 Å². The molecule has 2 aromatic carbocycles. The number of carboxylic acids is 1. The maximum atomic E-state index is 13.9. The van der Waals surface area contributed by atoms with Gasteiger partial charge in [-0.3, -0.25) is 28.9 Å². The third kappa shape index (κ3) is 12.0. The van der Waals surface area contributed by atoms with Crippen molar-refractivity contribution in [1.82, 2.24) is 26.2 Å². The van der Waals surface area contributed by atoms with Gasteiger partial charge in [-0.25, -0.2) is 0 Å². The van der Waals surface area contributed by atoms with Gasteiger partial charge in [0.05, 0.1) is 12.6 Å². The molecule has 1 saturated carbocycles. The summed E-state index contributed by atoms with van der Waals surface area (Å²) in [4.78, 5) is 67.7. The van der Waals surface area contributed by atoms with E-state index in [0.717, 1.165) is 23.1 Å². The summed E-state index contributed by atoms with van der Waals surface area (Å²) in [5.74, 6) is -2.84. The summed E-state index contributed by atoms with van der Waals surface area (Å²) >= 11 is 0. The zero-order chi connectivity index (χ0) is 36.9. The maximum absolute atomic E-state index is 13.9. The van der Waals surface area contributed by atoms with E-state index in [0.29, 0.717) is 38.6 Å². The van der Waals surface area contributed by atoms with E-state index >= 15 is 0 Å². The van der Waals surface area contributed by atoms with E-state index in [1.807, 2.05) is 65.6 Å². The van der Waals surface area contributed by atoms with Crippen molar-refractivity contribution in [2.24, 2.45) is 11.5 Å². The number of carbonyl (C=O) groups is 5. The minimum absolute atomic E-state index is 0.0123. The number of hydrogen-bond acceptors (Lipinski definition) is 8. The van der Waals surface area contributed by atoms with Crippen molar-refractivity contribution in [3.8, 4) is 0 Å². The van der Waals surface area contributed by atoms with Gasteiger partial charge >= 0.3 is 5.97 Å². The molecule has 5 rings (SSSR count). The smallest absolute Gasteiger partial charge is 0.317 e. The predicted molar refractivity (Wildman–Crippen MR) is 194 cm³/mol. The van der Waals surface area contributed by atoms with Crippen LogP contribution in [0, 0.1) is 0 Å². The number of carboxylic acid groups (broad SMARTS) is 1. The van der Waals surface area contributed by atoms with Crippen molar-refractivity contribution in [3.63, 3.8) is 0 Å². The second-order valence-electron chi connectivity index (χ2n) is 13.9. The molecule has 13 heteroatoms. The third-order valence-corrected chi connectivity index (χ3v) is 9.47. The van der Waals surface area contributed by atoms with Crippen molar-refractivity contribution in [3.05, 3.63) is 83.4 Å². The maximum Gasteiger partial charge on any atom is 0.317 e. The quantitative estimate of drug-likeness (QED) is 0.0826. The van der Waals surface area contributed by atoms with E-state index in [-0.39, 0.29) is 43.4 Å². The van der Waals surface area contributed by atoms with Gasteiger partial charge in [0.15, 0.2) is 0 Å². The lowest BCUT2D eigenvalue weighted by Gasteiger charge is -2.54. The molecule has 4 amide bonds. The lowest BCUT2D eigenvalue weighted by atomic mass is 9.76. The Morgan fingerprint density at radius 3 is 1.94 bits per heavy atom. The minimum atomic E-state index is -1.13. The zero-order valence-corrected chi connectivity index (χ0v) is 29.6. The molecule has 51 heavy (non-hydrogen) atoms. The molecule has 6 unspecified atom stereocenters. The van der Waals surface area contributed by atoms with Crippen LogP contribution in [0.4, 0.5) is 0 Å². The highest BCUT2D eigenvalue weighted by atomic mass is 16.4. The Labute approximate surface area is 300 Å². The molecule has 2 saturated heterocycles. The number of fused-ring (bicyclic) bond motifs is 2. The van der Waals surface area contributed by atoms with Crippen molar-refractivity contribution in [1.29, 1.82) is 0 Å². The van der Waals surface area contributed by atoms with Crippen LogP contribution in [0.15, 0.2) is 72.3 Å². The Hall–Kier alpha value is -4.59. The lowest BCUT2D eigenvalue weighted by Crippen LogP contribution is -2.66. The summed E-state index contributed by atoms with van der Waals surface area (Å²) in [6, 6.07) is 14.7. The van der Waals surface area contributed by atoms with Gasteiger partial charge in [0.25, 0.3) is 0 Å². The topological polar surface area (TPSA) is 209 Å². The summed E-state index contributed by atoms with van der Waals surface area (Å²) in [5, 5.41) is 20.8. The molecule has 2 aliphatic heterocycles. The van der Waals surface area contributed by atoms with Crippen molar-refractivity contribution >= 4 is 29.6 Å². The molecule has 2 aromatic rings. The number of allylic oxidation sites excluding steroid dienone is 1. The lowest BCUT2D eigenvalue weighted by molar-refractivity contribution is -0.146. The highest BCUT2D eigenvalue weighted by Crippen LogP contribution is 2.38. The van der Waals surface area contributed by atoms with E-state index < -0.39 is 47.9 Å². The average Bonchev–Trinajstić information content (AvgIpc) is 3.10. The number of carbonyl (C=O) groups excluding carboxylic acids is 4. The van der Waals surface area contributed by atoms with E-state index in [1.165, 1.54) is 0 Å². The number of benzene rings is 2. The van der Waals surface area contributed by atoms with Gasteiger partial charge in [-0.05, 0) is 76.5 Å². The van der Waals surface area contributed by atoms with Gasteiger partial charge in [0.1, 0.15) is 18.1 Å². The molecule has 3 aliphatic rings. The number of nitrogens with one attached hydrogen (secondary N) is 4. The van der Waals surface area contributed by atoms with Crippen molar-refractivity contribution in [2.75, 3.05) is 13.1 Å². The van der Waals surface area contributed by atoms with E-state index in [1.54, 1.807) is 19.9 Å². The standard InChI is InChI=1S/C38H53N7O6/c1-24(2)17-32(37(50)42-31(15-9-10-16-39)36(49)41-27-20-28-22-29(21-27)45(28)23-34(46)47)44-38(51)33(19-26-13-7-4-8-14-26)43-35(48)30(40)18-25-11-5-3-6-12-25/h3-8,11-14,17,27-33H,9-10,15-16,18-23,39-40H2,1-2H3,(H,41,49)(H,42,50)(H,43,48)(H,44,51)(H,46,47). The molecule has 276 valence electrons. The van der Waals surface area contributed by atoms with Crippen LogP contribution in [-0.4, -0.2) is 95.0 Å². The molecule has 6 atom stereocenters. The molecular weight excluding hydrogens is 650 g/mol. The van der Waals surface area contributed by atoms with E-state index in [2.05, 4.69) is 21.3 Å². The summed E-state index contributed by atoms with van der Waals surface area (Å²) in [6.07, 6.45) is 5.85. The Morgan fingerprint density at radius 2 is 1.37 bits per heavy atom. The summed E-state index contributed by atoms with van der Waals surface area (Å²) in [5.41, 5.74) is 14.4. The van der Waals surface area contributed by atoms with Crippen LogP contribution in [-0.2, 0) is 36.8 Å². The highest BCUT2D eigenvalue weighted by Gasteiger charge is 2.46. The number of nitrogens with zero attached hydrogens (tertiary/aromatic N) is 1. The largest absolute Gasteiger partial charge is 0.480 e. The van der Waals surface area contributed by atoms with Crippen LogP contribution in [0.2, 0.25) is 0 Å². The van der Waals surface area contributed by atoms with Gasteiger partial charge in [-0.1, -0.05) is 72.3 Å². The molecule has 0 radical (unpaired) electrons.